The summed E-state index contributed by atoms with van der Waals surface area (Å²) < 4.78 is 0. The highest BCUT2D eigenvalue weighted by Crippen LogP contribution is 1.87. The number of carbonyl (C=O) groups excluding carboxylic acids is 1. The molecule has 0 bridgehead atoms. The van der Waals surface area contributed by atoms with Gasteiger partial charge in [0.1, 0.15) is 5.84 Å². The lowest BCUT2D eigenvalue weighted by atomic mass is 10.3. The number of hydrogen-bond acceptors (Lipinski definition) is 1. The third kappa shape index (κ3) is 4.91. The maximum absolute atomic E-state index is 10.4. The van der Waals surface area contributed by atoms with Crippen molar-refractivity contribution < 1.29 is 4.79 Å². The monoisotopic (exact) mass is 150 g/mol. The molecule has 58 valence electrons. The Morgan fingerprint density at radius 1 is 1.64 bits per heavy atom. The maximum Gasteiger partial charge on any atom is 0.244 e. The van der Waals surface area contributed by atoms with Crippen LogP contribution in [0.2, 0.25) is 0 Å². The highest BCUT2D eigenvalue weighted by atomic mass is 16.1. The predicted molar refractivity (Wildman–Crippen MR) is 44.9 cm³/mol. The molecule has 0 rings (SSSR count). The number of nitrogens with two attached hydrogens (primary N) is 1. The van der Waals surface area contributed by atoms with E-state index in [-0.39, 0.29) is 11.7 Å². The molecule has 0 unspecified atom stereocenters. The summed E-state index contributed by atoms with van der Waals surface area (Å²) in [6.07, 6.45) is 6.51. The van der Waals surface area contributed by atoms with Gasteiger partial charge < -0.3 is 5.73 Å². The van der Waals surface area contributed by atoms with Crippen molar-refractivity contribution in [2.24, 2.45) is 10.7 Å². The molecule has 0 aliphatic heterocycles. The lowest BCUT2D eigenvalue weighted by molar-refractivity contribution is -0.115. The third-order valence-corrected chi connectivity index (χ3v) is 0.879. The number of terminal acetylenes is 1. The average Bonchev–Trinajstić information content (AvgIpc) is 1.85. The molecular formula is C8H10N2O. The Balaban J connectivity index is 4.42. The van der Waals surface area contributed by atoms with Gasteiger partial charge >= 0.3 is 0 Å². The van der Waals surface area contributed by atoms with Crippen molar-refractivity contribution in [3.05, 3.63) is 11.6 Å². The predicted octanol–water partition coefficient (Wildman–Crippen LogP) is 0.470. The van der Waals surface area contributed by atoms with Crippen molar-refractivity contribution in [1.82, 2.24) is 0 Å². The Morgan fingerprint density at radius 3 is 2.55 bits per heavy atom. The van der Waals surface area contributed by atoms with Gasteiger partial charge in [-0.2, -0.15) is 4.99 Å². The summed E-state index contributed by atoms with van der Waals surface area (Å²) in [5.41, 5.74) is 5.95. The fourth-order valence-corrected chi connectivity index (χ4v) is 0.478. The first-order valence-electron chi connectivity index (χ1n) is 3.06. The van der Waals surface area contributed by atoms with Crippen molar-refractivity contribution in [2.75, 3.05) is 0 Å². The summed E-state index contributed by atoms with van der Waals surface area (Å²) in [7, 11) is 0. The molecule has 0 aromatic carbocycles. The number of allylic oxidation sites excluding steroid dienone is 1. The van der Waals surface area contributed by atoms with Gasteiger partial charge in [0.2, 0.25) is 5.91 Å². The zero-order valence-corrected chi connectivity index (χ0v) is 6.59. The van der Waals surface area contributed by atoms with Crippen molar-refractivity contribution in [3.63, 3.8) is 0 Å². The van der Waals surface area contributed by atoms with Crippen LogP contribution >= 0.6 is 0 Å². The van der Waals surface area contributed by atoms with E-state index in [0.717, 1.165) is 0 Å². The molecule has 0 aromatic rings. The summed E-state index contributed by atoms with van der Waals surface area (Å²) in [5, 5.41) is 0. The first-order chi connectivity index (χ1) is 5.06. The second-order valence-electron chi connectivity index (χ2n) is 2.03. The maximum atomic E-state index is 10.4. The second kappa shape index (κ2) is 4.29. The van der Waals surface area contributed by atoms with E-state index in [9.17, 15) is 4.79 Å². The zero-order chi connectivity index (χ0) is 8.85. The van der Waals surface area contributed by atoms with Gasteiger partial charge in [-0.1, -0.05) is 5.92 Å². The van der Waals surface area contributed by atoms with Crippen LogP contribution in [0.4, 0.5) is 0 Å². The first-order valence-corrected chi connectivity index (χ1v) is 3.06. The first kappa shape index (κ1) is 9.44. The number of aliphatic imine (C=N–C) groups is 1. The second-order valence-corrected chi connectivity index (χ2v) is 2.03. The number of hydrogen-bond donors (Lipinski definition) is 1. The molecule has 0 atom stereocenters. The van der Waals surface area contributed by atoms with Crippen LogP contribution in [0.5, 0.6) is 0 Å². The summed E-state index contributed by atoms with van der Waals surface area (Å²) in [5.74, 6) is 2.17. The Morgan fingerprint density at radius 2 is 2.18 bits per heavy atom. The number of carbonyl (C=O) groups is 1. The molecule has 11 heavy (non-hydrogen) atoms. The van der Waals surface area contributed by atoms with E-state index in [1.165, 1.54) is 13.0 Å². The fraction of sp³-hybridized carbons (Fsp3) is 0.250. The molecule has 3 heteroatoms. The van der Waals surface area contributed by atoms with Gasteiger partial charge in [-0.05, 0) is 13.0 Å². The van der Waals surface area contributed by atoms with E-state index in [2.05, 4.69) is 10.9 Å². The minimum Gasteiger partial charge on any atom is -0.384 e. The van der Waals surface area contributed by atoms with Gasteiger partial charge in [-0.3, -0.25) is 4.79 Å². The SMILES string of the molecule is C#CC(C)=CC(N)=NC(C)=O. The van der Waals surface area contributed by atoms with E-state index in [4.69, 9.17) is 12.2 Å². The normalized spacial score (nSPS) is 12.5. The van der Waals surface area contributed by atoms with E-state index in [1.807, 2.05) is 0 Å². The molecule has 0 saturated heterocycles. The Bertz CT molecular complexity index is 256. The van der Waals surface area contributed by atoms with Crippen molar-refractivity contribution in [2.45, 2.75) is 13.8 Å². The summed E-state index contributed by atoms with van der Waals surface area (Å²) >= 11 is 0. The van der Waals surface area contributed by atoms with Gasteiger partial charge in [0.15, 0.2) is 0 Å². The fourth-order valence-electron chi connectivity index (χ4n) is 0.478. The molecule has 0 heterocycles. The van der Waals surface area contributed by atoms with Gasteiger partial charge in [0.25, 0.3) is 0 Å². The van der Waals surface area contributed by atoms with Gasteiger partial charge in [0.05, 0.1) is 0 Å². The van der Waals surface area contributed by atoms with Crippen LogP contribution in [0.25, 0.3) is 0 Å². The van der Waals surface area contributed by atoms with Crippen LogP contribution in [-0.4, -0.2) is 11.7 Å². The molecule has 0 spiro atoms. The molecule has 0 aromatic heterocycles. The molecule has 0 fully saturated rings. The van der Waals surface area contributed by atoms with Crippen molar-refractivity contribution in [3.8, 4) is 12.3 Å². The van der Waals surface area contributed by atoms with Gasteiger partial charge in [0, 0.05) is 12.5 Å². The number of amides is 1. The van der Waals surface area contributed by atoms with E-state index >= 15 is 0 Å². The lowest BCUT2D eigenvalue weighted by Crippen LogP contribution is -2.10. The van der Waals surface area contributed by atoms with E-state index < -0.39 is 0 Å². The van der Waals surface area contributed by atoms with Crippen LogP contribution in [0.15, 0.2) is 16.6 Å². The summed E-state index contributed by atoms with van der Waals surface area (Å²) in [6.45, 7) is 3.04. The van der Waals surface area contributed by atoms with E-state index in [1.54, 1.807) is 6.92 Å². The van der Waals surface area contributed by atoms with Crippen molar-refractivity contribution >= 4 is 11.7 Å². The zero-order valence-electron chi connectivity index (χ0n) is 6.59. The minimum absolute atomic E-state index is 0.146. The van der Waals surface area contributed by atoms with Crippen molar-refractivity contribution in [1.29, 1.82) is 0 Å². The van der Waals surface area contributed by atoms with Crippen LogP contribution in [0, 0.1) is 12.3 Å². The van der Waals surface area contributed by atoms with Crippen LogP contribution in [0.1, 0.15) is 13.8 Å². The lowest BCUT2D eigenvalue weighted by Gasteiger charge is -1.89. The molecule has 1 amide bonds. The molecule has 3 nitrogen and oxygen atoms in total. The highest BCUT2D eigenvalue weighted by Gasteiger charge is 1.89. The summed E-state index contributed by atoms with van der Waals surface area (Å²) in [6, 6.07) is 0. The number of amidine groups is 1. The topological polar surface area (TPSA) is 55.4 Å². The molecule has 0 aliphatic rings. The van der Waals surface area contributed by atoms with Crippen LogP contribution in [-0.2, 0) is 4.79 Å². The van der Waals surface area contributed by atoms with Crippen LogP contribution in [0.3, 0.4) is 0 Å². The van der Waals surface area contributed by atoms with E-state index in [0.29, 0.717) is 5.57 Å². The molecule has 0 aliphatic carbocycles. The molecule has 2 N–H and O–H groups in total. The van der Waals surface area contributed by atoms with Gasteiger partial charge in [-0.15, -0.1) is 6.42 Å². The highest BCUT2D eigenvalue weighted by molar-refractivity contribution is 5.99. The quantitative estimate of drug-likeness (QED) is 0.335. The average molecular weight is 150 g/mol. The Labute approximate surface area is 66.0 Å². The molecule has 0 radical (unpaired) electrons. The minimum atomic E-state index is -0.330. The third-order valence-electron chi connectivity index (χ3n) is 0.879. The van der Waals surface area contributed by atoms with Gasteiger partial charge in [-0.25, -0.2) is 0 Å². The largest absolute Gasteiger partial charge is 0.384 e. The Hall–Kier alpha value is -1.56. The standard InChI is InChI=1S/C8H10N2O/c1-4-6(2)5-8(9)10-7(3)11/h1,5H,2-3H3,(H2,9,10,11). The number of nitrogens with zero attached hydrogens (tertiary/aromatic N) is 1. The number of rotatable bonds is 1. The smallest absolute Gasteiger partial charge is 0.244 e. The summed E-state index contributed by atoms with van der Waals surface area (Å²) in [4.78, 5) is 13.8. The molecule has 0 saturated carbocycles. The molecular weight excluding hydrogens is 140 g/mol. The van der Waals surface area contributed by atoms with Crippen LogP contribution < -0.4 is 5.73 Å². The Kier molecular flexibility index (Phi) is 3.68.